The summed E-state index contributed by atoms with van der Waals surface area (Å²) < 4.78 is 45.3. The van der Waals surface area contributed by atoms with Crippen molar-refractivity contribution in [3.05, 3.63) is 35.6 Å². The molecular weight excluding hydrogens is 269 g/mol. The zero-order chi connectivity index (χ0) is 13.9. The molecule has 0 aromatic heterocycles. The lowest BCUT2D eigenvalue weighted by atomic mass is 10.2. The molecule has 0 radical (unpaired) electrons. The van der Waals surface area contributed by atoms with Crippen molar-refractivity contribution < 1.29 is 22.3 Å². The smallest absolute Gasteiger partial charge is 0.132 e. The van der Waals surface area contributed by atoms with Gasteiger partial charge in [-0.05, 0) is 6.07 Å². The van der Waals surface area contributed by atoms with Crippen LogP contribution in [-0.2, 0) is 16.7 Å². The quantitative estimate of drug-likeness (QED) is 0.734. The van der Waals surface area contributed by atoms with Gasteiger partial charge in [0.2, 0.25) is 0 Å². The van der Waals surface area contributed by atoms with Crippen LogP contribution >= 0.6 is 0 Å². The van der Waals surface area contributed by atoms with Crippen LogP contribution in [0.4, 0.5) is 4.39 Å². The van der Waals surface area contributed by atoms with E-state index >= 15 is 0 Å². The Kier molecular flexibility index (Phi) is 4.54. The summed E-state index contributed by atoms with van der Waals surface area (Å²) in [7, 11) is -4.14. The fourth-order valence-electron chi connectivity index (χ4n) is 2.29. The lowest BCUT2D eigenvalue weighted by molar-refractivity contribution is -0.925. The fourth-order valence-corrected chi connectivity index (χ4v) is 2.79. The third-order valence-corrected chi connectivity index (χ3v) is 4.21. The van der Waals surface area contributed by atoms with Crippen molar-refractivity contribution >= 4 is 10.1 Å². The summed E-state index contributed by atoms with van der Waals surface area (Å²) in [6.45, 7) is 1.15. The Morgan fingerprint density at radius 2 is 2.00 bits per heavy atom. The molecule has 1 aliphatic rings. The van der Waals surface area contributed by atoms with E-state index in [0.717, 1.165) is 12.8 Å². The molecule has 0 heterocycles. The predicted octanol–water partition coefficient (Wildman–Crippen LogP) is 0.308. The first-order chi connectivity index (χ1) is 8.96. The highest BCUT2D eigenvalue weighted by Gasteiger charge is 2.33. The second kappa shape index (κ2) is 5.98. The normalized spacial score (nSPS) is 17.4. The molecule has 2 rings (SSSR count). The number of hydrogen-bond acceptors (Lipinski definition) is 3. The Morgan fingerprint density at radius 1 is 1.32 bits per heavy atom. The second-order valence-corrected chi connectivity index (χ2v) is 6.59. The molecule has 6 heteroatoms. The van der Waals surface area contributed by atoms with Gasteiger partial charge in [-0.25, -0.2) is 12.8 Å². The van der Waals surface area contributed by atoms with Crippen molar-refractivity contribution in [3.63, 3.8) is 0 Å². The Bertz CT molecular complexity index is 528. The van der Waals surface area contributed by atoms with Crippen LogP contribution in [0.5, 0.6) is 0 Å². The average Bonchev–Trinajstić information content (AvgIpc) is 3.13. The minimum atomic E-state index is -4.14. The molecular formula is C13H18FNO3S. The van der Waals surface area contributed by atoms with Crippen molar-refractivity contribution in [3.8, 4) is 0 Å². The molecule has 0 aliphatic heterocycles. The monoisotopic (exact) mass is 287 g/mol. The number of hydrogen-bond donors (Lipinski definition) is 1. The van der Waals surface area contributed by atoms with Gasteiger partial charge in [-0.3, -0.25) is 0 Å². The highest BCUT2D eigenvalue weighted by Crippen LogP contribution is 2.16. The van der Waals surface area contributed by atoms with Crippen molar-refractivity contribution in [1.29, 1.82) is 0 Å². The summed E-state index contributed by atoms with van der Waals surface area (Å²) in [4.78, 5) is 1.17. The van der Waals surface area contributed by atoms with E-state index in [1.807, 2.05) is 0 Å². The van der Waals surface area contributed by atoms with Crippen LogP contribution in [-0.4, -0.2) is 31.3 Å². The minimum Gasteiger partial charge on any atom is -0.748 e. The van der Waals surface area contributed by atoms with E-state index in [4.69, 9.17) is 0 Å². The Labute approximate surface area is 113 Å². The molecule has 1 saturated carbocycles. The Morgan fingerprint density at radius 3 is 2.58 bits per heavy atom. The Balaban J connectivity index is 1.92. The summed E-state index contributed by atoms with van der Waals surface area (Å²) in [6.07, 6.45) is 2.52. The van der Waals surface area contributed by atoms with E-state index in [0.29, 0.717) is 31.1 Å². The van der Waals surface area contributed by atoms with Gasteiger partial charge in [0.25, 0.3) is 0 Å². The molecule has 4 nitrogen and oxygen atoms in total. The van der Waals surface area contributed by atoms with Gasteiger partial charge >= 0.3 is 0 Å². The molecule has 106 valence electrons. The molecule has 1 fully saturated rings. The van der Waals surface area contributed by atoms with Crippen molar-refractivity contribution in [1.82, 2.24) is 0 Å². The maximum absolute atomic E-state index is 13.6. The predicted molar refractivity (Wildman–Crippen MR) is 68.1 cm³/mol. The van der Waals surface area contributed by atoms with Crippen LogP contribution < -0.4 is 4.90 Å². The molecule has 0 saturated heterocycles. The zero-order valence-electron chi connectivity index (χ0n) is 10.6. The van der Waals surface area contributed by atoms with E-state index in [1.165, 1.54) is 11.0 Å². The molecule has 0 bridgehead atoms. The van der Waals surface area contributed by atoms with Gasteiger partial charge in [0, 0.05) is 30.6 Å². The first-order valence-corrected chi connectivity index (χ1v) is 8.05. The molecule has 0 spiro atoms. The molecule has 0 amide bonds. The molecule has 19 heavy (non-hydrogen) atoms. The van der Waals surface area contributed by atoms with Gasteiger partial charge < -0.3 is 9.45 Å². The lowest BCUT2D eigenvalue weighted by Crippen LogP contribution is -3.12. The van der Waals surface area contributed by atoms with Gasteiger partial charge in [0.05, 0.1) is 22.7 Å². The summed E-state index contributed by atoms with van der Waals surface area (Å²) in [5, 5.41) is 0. The van der Waals surface area contributed by atoms with Gasteiger partial charge in [0.1, 0.15) is 12.4 Å². The topological polar surface area (TPSA) is 61.6 Å². The van der Waals surface area contributed by atoms with E-state index in [2.05, 4.69) is 0 Å². The molecule has 1 aromatic rings. The van der Waals surface area contributed by atoms with E-state index in [-0.39, 0.29) is 11.6 Å². The third kappa shape index (κ3) is 4.89. The van der Waals surface area contributed by atoms with E-state index in [1.54, 1.807) is 18.2 Å². The van der Waals surface area contributed by atoms with Gasteiger partial charge in [-0.2, -0.15) is 0 Å². The standard InChI is InChI=1S/C13H18FNO3S/c14-13-5-2-1-4-11(13)10-15(12-6-7-12)8-3-9-19(16,17)18/h1-2,4-5,12H,3,6-10H2,(H,16,17,18). The number of rotatable bonds is 7. The van der Waals surface area contributed by atoms with Crippen LogP contribution in [0.25, 0.3) is 0 Å². The molecule has 1 aliphatic carbocycles. The van der Waals surface area contributed by atoms with Crippen LogP contribution in [0.1, 0.15) is 24.8 Å². The fraction of sp³-hybridized carbons (Fsp3) is 0.538. The van der Waals surface area contributed by atoms with Crippen LogP contribution in [0.3, 0.4) is 0 Å². The third-order valence-electron chi connectivity index (χ3n) is 3.42. The number of quaternary nitrogens is 1. The van der Waals surface area contributed by atoms with E-state index in [9.17, 15) is 17.4 Å². The maximum atomic E-state index is 13.6. The van der Waals surface area contributed by atoms with Gasteiger partial charge in [0.15, 0.2) is 0 Å². The minimum absolute atomic E-state index is 0.225. The molecule has 1 aromatic carbocycles. The maximum Gasteiger partial charge on any atom is 0.132 e. The summed E-state index contributed by atoms with van der Waals surface area (Å²) in [5.74, 6) is -0.558. The number of benzene rings is 1. The highest BCUT2D eigenvalue weighted by atomic mass is 32.2. The highest BCUT2D eigenvalue weighted by molar-refractivity contribution is 7.85. The number of nitrogens with one attached hydrogen (secondary N) is 1. The number of halogens is 1. The largest absolute Gasteiger partial charge is 0.748 e. The molecule has 1 atom stereocenters. The van der Waals surface area contributed by atoms with Crippen molar-refractivity contribution in [2.45, 2.75) is 31.8 Å². The SMILES string of the molecule is O=S(=O)([O-])CCC[NH+](Cc1ccccc1F)C1CC1. The lowest BCUT2D eigenvalue weighted by Gasteiger charge is -2.20. The van der Waals surface area contributed by atoms with Gasteiger partial charge in [-0.1, -0.05) is 18.2 Å². The average molecular weight is 287 g/mol. The van der Waals surface area contributed by atoms with Crippen LogP contribution in [0.2, 0.25) is 0 Å². The summed E-state index contributed by atoms with van der Waals surface area (Å²) in [5.41, 5.74) is 0.648. The molecule has 1 unspecified atom stereocenters. The van der Waals surface area contributed by atoms with Crippen molar-refractivity contribution in [2.75, 3.05) is 12.3 Å². The first-order valence-electron chi connectivity index (χ1n) is 6.47. The summed E-state index contributed by atoms with van der Waals surface area (Å²) in [6, 6.07) is 7.11. The second-order valence-electron chi connectivity index (χ2n) is 5.07. The van der Waals surface area contributed by atoms with Crippen LogP contribution in [0, 0.1) is 5.82 Å². The Hall–Kier alpha value is -0.980. The first kappa shape index (κ1) is 14.4. The van der Waals surface area contributed by atoms with Gasteiger partial charge in [-0.15, -0.1) is 0 Å². The molecule has 1 N–H and O–H groups in total. The van der Waals surface area contributed by atoms with Crippen LogP contribution in [0.15, 0.2) is 24.3 Å². The van der Waals surface area contributed by atoms with E-state index < -0.39 is 10.1 Å². The zero-order valence-corrected chi connectivity index (χ0v) is 11.5. The van der Waals surface area contributed by atoms with Crippen molar-refractivity contribution in [2.24, 2.45) is 0 Å². The summed E-state index contributed by atoms with van der Waals surface area (Å²) >= 11 is 0.